The van der Waals surface area contributed by atoms with Crippen molar-refractivity contribution >= 4 is 5.95 Å². The van der Waals surface area contributed by atoms with Crippen LogP contribution in [0.4, 0.5) is 5.95 Å². The molecule has 0 aliphatic carbocycles. The van der Waals surface area contributed by atoms with E-state index in [0.717, 1.165) is 33.8 Å². The van der Waals surface area contributed by atoms with Gasteiger partial charge >= 0.3 is 0 Å². The van der Waals surface area contributed by atoms with Crippen LogP contribution >= 0.6 is 0 Å². The van der Waals surface area contributed by atoms with E-state index in [1.165, 1.54) is 0 Å². The SMILES string of the molecule is CC.c1ccc(COc2cccc(-c3cnnc(NCc4cc(-c5ccccc5)n[nH]4)n3)c2)cc1. The Labute approximate surface area is 205 Å². The highest BCUT2D eigenvalue weighted by Crippen LogP contribution is 2.23. The lowest BCUT2D eigenvalue weighted by atomic mass is 10.1. The van der Waals surface area contributed by atoms with Crippen molar-refractivity contribution in [3.05, 3.63) is 108 Å². The summed E-state index contributed by atoms with van der Waals surface area (Å²) in [4.78, 5) is 4.61. The minimum absolute atomic E-state index is 0.443. The van der Waals surface area contributed by atoms with Gasteiger partial charge in [-0.2, -0.15) is 10.2 Å². The number of nitrogens with zero attached hydrogens (tertiary/aromatic N) is 4. The van der Waals surface area contributed by atoms with Gasteiger partial charge in [0.15, 0.2) is 0 Å². The summed E-state index contributed by atoms with van der Waals surface area (Å²) >= 11 is 0. The Kier molecular flexibility index (Phi) is 8.16. The fraction of sp³-hybridized carbons (Fsp3) is 0.143. The summed E-state index contributed by atoms with van der Waals surface area (Å²) in [6.07, 6.45) is 1.64. The van der Waals surface area contributed by atoms with Crippen LogP contribution in [0.2, 0.25) is 0 Å². The molecule has 2 N–H and O–H groups in total. The van der Waals surface area contributed by atoms with Gasteiger partial charge in [0.25, 0.3) is 0 Å². The van der Waals surface area contributed by atoms with E-state index in [1.54, 1.807) is 6.20 Å². The molecule has 2 aromatic heterocycles. The van der Waals surface area contributed by atoms with Gasteiger partial charge in [-0.1, -0.05) is 86.6 Å². The number of hydrogen-bond acceptors (Lipinski definition) is 6. The summed E-state index contributed by atoms with van der Waals surface area (Å²) in [6.45, 7) is 5.01. The van der Waals surface area contributed by atoms with E-state index >= 15 is 0 Å². The van der Waals surface area contributed by atoms with Crippen molar-refractivity contribution in [1.82, 2.24) is 25.4 Å². The zero-order chi connectivity index (χ0) is 24.3. The van der Waals surface area contributed by atoms with Crippen LogP contribution in [0, 0.1) is 0 Å². The molecule has 0 radical (unpaired) electrons. The minimum atomic E-state index is 0.443. The Hall–Kier alpha value is -4.52. The number of H-pyrrole nitrogens is 1. The van der Waals surface area contributed by atoms with Crippen LogP contribution in [0.1, 0.15) is 25.1 Å². The predicted octanol–water partition coefficient (Wildman–Crippen LogP) is 6.15. The number of rotatable bonds is 8. The first-order valence-corrected chi connectivity index (χ1v) is 11.6. The molecule has 2 heterocycles. The Morgan fingerprint density at radius 2 is 1.54 bits per heavy atom. The fourth-order valence-electron chi connectivity index (χ4n) is 3.39. The van der Waals surface area contributed by atoms with E-state index in [9.17, 15) is 0 Å². The molecular formula is C28H28N6O. The maximum atomic E-state index is 5.94. The lowest BCUT2D eigenvalue weighted by Gasteiger charge is -2.09. The molecule has 35 heavy (non-hydrogen) atoms. The van der Waals surface area contributed by atoms with Crippen molar-refractivity contribution in [1.29, 1.82) is 0 Å². The highest BCUT2D eigenvalue weighted by molar-refractivity contribution is 5.61. The zero-order valence-electron chi connectivity index (χ0n) is 19.8. The van der Waals surface area contributed by atoms with Crippen LogP contribution < -0.4 is 10.1 Å². The van der Waals surface area contributed by atoms with Gasteiger partial charge in [0.2, 0.25) is 5.95 Å². The van der Waals surface area contributed by atoms with Crippen molar-refractivity contribution in [3.8, 4) is 28.3 Å². The van der Waals surface area contributed by atoms with E-state index in [-0.39, 0.29) is 0 Å². The van der Waals surface area contributed by atoms with Gasteiger partial charge in [0.1, 0.15) is 12.4 Å². The van der Waals surface area contributed by atoms with Gasteiger partial charge in [-0.15, -0.1) is 5.10 Å². The second kappa shape index (κ2) is 12.1. The van der Waals surface area contributed by atoms with Gasteiger partial charge in [-0.3, -0.25) is 5.10 Å². The Morgan fingerprint density at radius 3 is 2.34 bits per heavy atom. The Morgan fingerprint density at radius 1 is 0.800 bits per heavy atom. The van der Waals surface area contributed by atoms with Crippen molar-refractivity contribution in [2.75, 3.05) is 5.32 Å². The molecule has 0 saturated heterocycles. The number of aromatic nitrogens is 5. The summed E-state index contributed by atoms with van der Waals surface area (Å²) < 4.78 is 5.94. The summed E-state index contributed by atoms with van der Waals surface area (Å²) in [6, 6.07) is 29.9. The second-order valence-corrected chi connectivity index (χ2v) is 7.47. The van der Waals surface area contributed by atoms with Gasteiger partial charge in [-0.05, 0) is 23.8 Å². The van der Waals surface area contributed by atoms with Crippen molar-refractivity contribution < 1.29 is 4.74 Å². The van der Waals surface area contributed by atoms with E-state index in [2.05, 4.69) is 30.7 Å². The van der Waals surface area contributed by atoms with Gasteiger partial charge in [0, 0.05) is 11.1 Å². The average Bonchev–Trinajstić information content (AvgIpc) is 3.43. The Balaban J connectivity index is 0.00000141. The number of hydrogen-bond donors (Lipinski definition) is 2. The topological polar surface area (TPSA) is 88.6 Å². The lowest BCUT2D eigenvalue weighted by molar-refractivity contribution is 0.306. The highest BCUT2D eigenvalue weighted by Gasteiger charge is 2.07. The van der Waals surface area contributed by atoms with E-state index < -0.39 is 0 Å². The standard InChI is InChI=1S/C26H22N6O.C2H6/c1-3-8-19(9-4-1)18-33-23-13-7-12-21(14-23)25-17-28-32-26(29-25)27-16-22-15-24(31-30-22)20-10-5-2-6-11-20;1-2/h1-15,17H,16,18H2,(H,30,31)(H,27,29,32);1-2H3. The van der Waals surface area contributed by atoms with Crippen molar-refractivity contribution in [2.45, 2.75) is 27.0 Å². The van der Waals surface area contributed by atoms with Crippen LogP contribution in [-0.2, 0) is 13.2 Å². The third-order valence-corrected chi connectivity index (χ3v) is 5.07. The number of anilines is 1. The molecule has 176 valence electrons. The number of ether oxygens (including phenoxy) is 1. The molecule has 0 atom stereocenters. The van der Waals surface area contributed by atoms with Crippen LogP contribution in [0.15, 0.2) is 97.2 Å². The van der Waals surface area contributed by atoms with E-state index in [4.69, 9.17) is 4.74 Å². The maximum Gasteiger partial charge on any atom is 0.243 e. The quantitative estimate of drug-likeness (QED) is 0.286. The molecule has 7 heteroatoms. The van der Waals surface area contributed by atoms with Crippen LogP contribution in [-0.4, -0.2) is 25.4 Å². The van der Waals surface area contributed by atoms with Gasteiger partial charge in [0.05, 0.1) is 29.8 Å². The first-order valence-electron chi connectivity index (χ1n) is 11.6. The maximum absolute atomic E-state index is 5.94. The van der Waals surface area contributed by atoms with E-state index in [0.29, 0.717) is 24.8 Å². The molecule has 0 bridgehead atoms. The number of aromatic amines is 1. The van der Waals surface area contributed by atoms with Gasteiger partial charge in [-0.25, -0.2) is 4.98 Å². The normalized spacial score (nSPS) is 10.2. The predicted molar refractivity (Wildman–Crippen MR) is 139 cm³/mol. The fourth-order valence-corrected chi connectivity index (χ4v) is 3.39. The molecule has 0 amide bonds. The summed E-state index contributed by atoms with van der Waals surface area (Å²) in [5, 5.41) is 18.9. The summed E-state index contributed by atoms with van der Waals surface area (Å²) in [7, 11) is 0. The molecule has 7 nitrogen and oxygen atoms in total. The first kappa shape index (κ1) is 23.6. The van der Waals surface area contributed by atoms with Gasteiger partial charge < -0.3 is 10.1 Å². The molecule has 5 rings (SSSR count). The summed E-state index contributed by atoms with van der Waals surface area (Å²) in [5.41, 5.74) is 5.63. The molecule has 5 aromatic rings. The number of benzene rings is 3. The highest BCUT2D eigenvalue weighted by atomic mass is 16.5. The monoisotopic (exact) mass is 464 g/mol. The molecule has 0 saturated carbocycles. The largest absolute Gasteiger partial charge is 0.489 e. The second-order valence-electron chi connectivity index (χ2n) is 7.47. The molecule has 0 aliphatic rings. The first-order chi connectivity index (χ1) is 17.3. The van der Waals surface area contributed by atoms with Crippen molar-refractivity contribution in [2.24, 2.45) is 0 Å². The van der Waals surface area contributed by atoms with Crippen LogP contribution in [0.3, 0.4) is 0 Å². The third kappa shape index (κ3) is 6.51. The molecular weight excluding hydrogens is 436 g/mol. The van der Waals surface area contributed by atoms with E-state index in [1.807, 2.05) is 105 Å². The lowest BCUT2D eigenvalue weighted by Crippen LogP contribution is -2.05. The molecule has 0 spiro atoms. The molecule has 0 fully saturated rings. The molecule has 0 aliphatic heterocycles. The van der Waals surface area contributed by atoms with Crippen molar-refractivity contribution in [3.63, 3.8) is 0 Å². The Bertz CT molecular complexity index is 1320. The minimum Gasteiger partial charge on any atom is -0.489 e. The molecule has 3 aromatic carbocycles. The average molecular weight is 465 g/mol. The zero-order valence-corrected chi connectivity index (χ0v) is 19.8. The molecule has 0 unspecified atom stereocenters. The number of nitrogens with one attached hydrogen (secondary N) is 2. The van der Waals surface area contributed by atoms with Crippen LogP contribution in [0.25, 0.3) is 22.5 Å². The third-order valence-electron chi connectivity index (χ3n) is 5.07. The van der Waals surface area contributed by atoms with Crippen LogP contribution in [0.5, 0.6) is 5.75 Å². The smallest absolute Gasteiger partial charge is 0.243 e. The summed E-state index contributed by atoms with van der Waals surface area (Å²) in [5.74, 6) is 1.22.